The summed E-state index contributed by atoms with van der Waals surface area (Å²) in [4.78, 5) is 17.3. The number of thiazole rings is 1. The highest BCUT2D eigenvalue weighted by Gasteiger charge is 2.70. The molecule has 1 aliphatic heterocycles. The van der Waals surface area contributed by atoms with E-state index in [2.05, 4.69) is 10.3 Å². The van der Waals surface area contributed by atoms with Gasteiger partial charge in [0.25, 0.3) is 0 Å². The third kappa shape index (κ3) is 3.07. The van der Waals surface area contributed by atoms with E-state index in [4.69, 9.17) is 10.5 Å². The van der Waals surface area contributed by atoms with Crippen LogP contribution < -0.4 is 11.1 Å². The normalized spacial score (nSPS) is 31.5. The van der Waals surface area contributed by atoms with E-state index in [0.29, 0.717) is 0 Å². The molecule has 1 aromatic rings. The van der Waals surface area contributed by atoms with Crippen LogP contribution in [-0.2, 0) is 9.53 Å². The van der Waals surface area contributed by atoms with Crippen molar-refractivity contribution in [1.82, 2.24) is 10.3 Å². The summed E-state index contributed by atoms with van der Waals surface area (Å²) in [6.07, 6.45) is 4.61. The van der Waals surface area contributed by atoms with Crippen LogP contribution in [-0.4, -0.2) is 29.1 Å². The van der Waals surface area contributed by atoms with Crippen LogP contribution in [0.15, 0.2) is 11.6 Å². The van der Waals surface area contributed by atoms with Crippen molar-refractivity contribution in [3.63, 3.8) is 0 Å². The first-order valence-electron chi connectivity index (χ1n) is 8.03. The van der Waals surface area contributed by atoms with E-state index in [1.807, 2.05) is 26.2 Å². The largest absolute Gasteiger partial charge is 0.377 e. The van der Waals surface area contributed by atoms with Gasteiger partial charge in [0.2, 0.25) is 5.91 Å². The highest BCUT2D eigenvalue weighted by molar-refractivity contribution is 7.09. The molecule has 0 aromatic carbocycles. The van der Waals surface area contributed by atoms with Crippen molar-refractivity contribution < 1.29 is 9.53 Å². The zero-order chi connectivity index (χ0) is 16.0. The number of nitrogens with zero attached hydrogens (tertiary/aromatic N) is 1. The van der Waals surface area contributed by atoms with Gasteiger partial charge in [-0.15, -0.1) is 36.2 Å². The fourth-order valence-electron chi connectivity index (χ4n) is 4.06. The third-order valence-corrected chi connectivity index (χ3v) is 6.41. The summed E-state index contributed by atoms with van der Waals surface area (Å²) in [5.41, 5.74) is 5.42. The molecule has 1 aromatic heterocycles. The number of nitrogens with one attached hydrogen (secondary N) is 1. The van der Waals surface area contributed by atoms with Crippen LogP contribution in [0.5, 0.6) is 0 Å². The zero-order valence-corrected chi connectivity index (χ0v) is 16.7. The van der Waals surface area contributed by atoms with Crippen molar-refractivity contribution in [3.05, 3.63) is 16.6 Å². The lowest BCUT2D eigenvalue weighted by molar-refractivity contribution is -0.225. The number of hydrogen-bond donors (Lipinski definition) is 2. The molecule has 3 rings (SSSR count). The molecule has 0 bridgehead atoms. The molecule has 1 amide bonds. The molecular formula is C16H27Cl2N3O2S. The topological polar surface area (TPSA) is 77.2 Å². The van der Waals surface area contributed by atoms with Crippen molar-refractivity contribution in [2.24, 2.45) is 17.1 Å². The van der Waals surface area contributed by atoms with Gasteiger partial charge < -0.3 is 15.8 Å². The second-order valence-corrected chi connectivity index (χ2v) is 7.86. The van der Waals surface area contributed by atoms with Crippen LogP contribution in [0.3, 0.4) is 0 Å². The van der Waals surface area contributed by atoms with Crippen LogP contribution in [0.2, 0.25) is 0 Å². The highest BCUT2D eigenvalue weighted by Crippen LogP contribution is 2.57. The Kier molecular flexibility index (Phi) is 7.10. The average molecular weight is 396 g/mol. The molecule has 5 nitrogen and oxygen atoms in total. The summed E-state index contributed by atoms with van der Waals surface area (Å²) in [6, 6.07) is -0.0627. The number of aromatic nitrogens is 1. The fourth-order valence-corrected chi connectivity index (χ4v) is 4.83. The van der Waals surface area contributed by atoms with Crippen LogP contribution >= 0.6 is 36.2 Å². The Morgan fingerprint density at radius 2 is 2.25 bits per heavy atom. The molecule has 2 aliphatic rings. The molecule has 8 heteroatoms. The number of nitrogens with two attached hydrogens (primary N) is 1. The van der Waals surface area contributed by atoms with Gasteiger partial charge in [0.1, 0.15) is 10.5 Å². The Bertz CT molecular complexity index is 556. The monoisotopic (exact) mass is 395 g/mol. The summed E-state index contributed by atoms with van der Waals surface area (Å²) in [6.45, 7) is 6.92. The third-order valence-electron chi connectivity index (χ3n) is 5.52. The molecule has 24 heavy (non-hydrogen) atoms. The van der Waals surface area contributed by atoms with E-state index in [0.717, 1.165) is 30.9 Å². The predicted molar refractivity (Wildman–Crippen MR) is 101 cm³/mol. The maximum absolute atomic E-state index is 13.0. The minimum Gasteiger partial charge on any atom is -0.377 e. The molecule has 1 saturated heterocycles. The van der Waals surface area contributed by atoms with Gasteiger partial charge in [-0.3, -0.25) is 4.79 Å². The Hall–Kier alpha value is -0.400. The lowest BCUT2D eigenvalue weighted by Crippen LogP contribution is -2.82. The molecule has 4 unspecified atom stereocenters. The number of amides is 1. The first-order valence-corrected chi connectivity index (χ1v) is 8.91. The molecular weight excluding hydrogens is 369 g/mol. The quantitative estimate of drug-likeness (QED) is 0.820. The summed E-state index contributed by atoms with van der Waals surface area (Å²) in [7, 11) is 0. The maximum atomic E-state index is 13.0. The molecule has 138 valence electrons. The Labute approximate surface area is 159 Å². The number of carbonyl (C=O) groups excluding carboxylic acids is 1. The first-order chi connectivity index (χ1) is 10.4. The van der Waals surface area contributed by atoms with Gasteiger partial charge in [-0.05, 0) is 19.3 Å². The minimum atomic E-state index is -0.858. The second kappa shape index (κ2) is 7.87. The van der Waals surface area contributed by atoms with Crippen LogP contribution in [0.1, 0.15) is 51.1 Å². The van der Waals surface area contributed by atoms with Crippen molar-refractivity contribution in [2.45, 2.75) is 57.7 Å². The summed E-state index contributed by atoms with van der Waals surface area (Å²) < 4.78 is 5.87. The van der Waals surface area contributed by atoms with Crippen LogP contribution in [0.4, 0.5) is 0 Å². The fraction of sp³-hybridized carbons (Fsp3) is 0.750. The zero-order valence-electron chi connectivity index (χ0n) is 14.3. The lowest BCUT2D eigenvalue weighted by atomic mass is 9.46. The van der Waals surface area contributed by atoms with Gasteiger partial charge in [0.05, 0.1) is 12.1 Å². The van der Waals surface area contributed by atoms with Gasteiger partial charge in [-0.1, -0.05) is 20.8 Å². The van der Waals surface area contributed by atoms with Gasteiger partial charge in [-0.2, -0.15) is 0 Å². The Balaban J connectivity index is 0.00000144. The minimum absolute atomic E-state index is 0. The number of halogens is 2. The molecule has 3 N–H and O–H groups in total. The van der Waals surface area contributed by atoms with Crippen LogP contribution in [0, 0.1) is 11.3 Å². The van der Waals surface area contributed by atoms with Crippen molar-refractivity contribution in [2.75, 3.05) is 6.61 Å². The predicted octanol–water partition coefficient (Wildman–Crippen LogP) is 3.09. The van der Waals surface area contributed by atoms with Gasteiger partial charge in [-0.25, -0.2) is 4.98 Å². The smallest absolute Gasteiger partial charge is 0.241 e. The number of fused-ring (bicyclic) bond motifs is 1. The van der Waals surface area contributed by atoms with Gasteiger partial charge >= 0.3 is 0 Å². The molecule has 1 aliphatic carbocycles. The number of rotatable bonds is 4. The molecule has 0 spiro atoms. The lowest BCUT2D eigenvalue weighted by Gasteiger charge is -2.65. The molecule has 2 heterocycles. The molecule has 4 atom stereocenters. The summed E-state index contributed by atoms with van der Waals surface area (Å²) >= 11 is 1.57. The average Bonchev–Trinajstić information content (AvgIpc) is 3.05. The second-order valence-electron chi connectivity index (χ2n) is 6.94. The number of carbonyl (C=O) groups is 1. The standard InChI is InChI=1S/C16H25N3O2S.2ClH/c1-4-11(13-18-7-9-22-13)19-14(20)16(17)10-6-5-8-21-12(10)15(16,2)3;;/h7,9-12H,4-6,8,17H2,1-3H3,(H,19,20);2*1H. The highest BCUT2D eigenvalue weighted by atomic mass is 35.5. The van der Waals surface area contributed by atoms with E-state index in [-0.39, 0.29) is 54.2 Å². The van der Waals surface area contributed by atoms with Crippen molar-refractivity contribution in [3.8, 4) is 0 Å². The molecule has 0 radical (unpaired) electrons. The van der Waals surface area contributed by atoms with Gasteiger partial charge in [0.15, 0.2) is 0 Å². The van der Waals surface area contributed by atoms with Crippen LogP contribution in [0.25, 0.3) is 0 Å². The van der Waals surface area contributed by atoms with Crippen molar-refractivity contribution >= 4 is 42.1 Å². The van der Waals surface area contributed by atoms with E-state index >= 15 is 0 Å². The Morgan fingerprint density at radius 3 is 2.83 bits per heavy atom. The molecule has 2 fully saturated rings. The molecule has 1 saturated carbocycles. The maximum Gasteiger partial charge on any atom is 0.241 e. The van der Waals surface area contributed by atoms with E-state index in [1.165, 1.54) is 0 Å². The SMILES string of the molecule is CCC(NC(=O)C1(N)C2CCCOC2C1(C)C)c1nccs1.Cl.Cl. The number of hydrogen-bond acceptors (Lipinski definition) is 5. The summed E-state index contributed by atoms with van der Waals surface area (Å²) in [5, 5.41) is 6.00. The number of ether oxygens (including phenoxy) is 1. The first kappa shape index (κ1) is 21.6. The summed E-state index contributed by atoms with van der Waals surface area (Å²) in [5.74, 6) is 0.0522. The van der Waals surface area contributed by atoms with E-state index in [1.54, 1.807) is 17.5 Å². The van der Waals surface area contributed by atoms with Gasteiger partial charge in [0, 0.05) is 29.5 Å². The Morgan fingerprint density at radius 1 is 1.54 bits per heavy atom. The van der Waals surface area contributed by atoms with E-state index < -0.39 is 5.54 Å². The van der Waals surface area contributed by atoms with E-state index in [9.17, 15) is 4.79 Å². The van der Waals surface area contributed by atoms with Crippen molar-refractivity contribution in [1.29, 1.82) is 0 Å².